The van der Waals surface area contributed by atoms with Gasteiger partial charge in [0, 0.05) is 38.3 Å². The number of ether oxygens (including phenoxy) is 1. The molecule has 1 aliphatic rings. The summed E-state index contributed by atoms with van der Waals surface area (Å²) in [5.41, 5.74) is 0.0680. The van der Waals surface area contributed by atoms with Gasteiger partial charge in [-0.05, 0) is 39.7 Å². The van der Waals surface area contributed by atoms with Gasteiger partial charge in [0.25, 0.3) is 0 Å². The number of benzene rings is 1. The van der Waals surface area contributed by atoms with E-state index < -0.39 is 5.60 Å². The molecule has 0 spiro atoms. The molecular weight excluding hydrogens is 335 g/mol. The second-order valence-electron chi connectivity index (χ2n) is 7.35. The van der Waals surface area contributed by atoms with Crippen LogP contribution in [0.25, 0.3) is 0 Å². The van der Waals surface area contributed by atoms with E-state index in [1.165, 1.54) is 6.07 Å². The second kappa shape index (κ2) is 8.87. The molecule has 0 unspecified atom stereocenters. The Bertz CT molecular complexity index is 639. The number of carbonyl (C=O) groups is 1. The second-order valence-corrected chi connectivity index (χ2v) is 7.35. The highest BCUT2D eigenvalue weighted by Crippen LogP contribution is 2.28. The Labute approximate surface area is 154 Å². The van der Waals surface area contributed by atoms with E-state index in [9.17, 15) is 9.18 Å². The van der Waals surface area contributed by atoms with E-state index in [0.29, 0.717) is 31.2 Å². The van der Waals surface area contributed by atoms with Crippen LogP contribution in [-0.4, -0.2) is 48.7 Å². The van der Waals surface area contributed by atoms with Crippen molar-refractivity contribution in [1.82, 2.24) is 15.5 Å². The Morgan fingerprint density at radius 1 is 1.31 bits per heavy atom. The molecule has 1 aliphatic carbocycles. The molecule has 2 rings (SSSR count). The Morgan fingerprint density at radius 2 is 2.00 bits per heavy atom. The summed E-state index contributed by atoms with van der Waals surface area (Å²) >= 11 is 0. The van der Waals surface area contributed by atoms with Crippen molar-refractivity contribution in [2.24, 2.45) is 4.99 Å². The highest BCUT2D eigenvalue weighted by Gasteiger charge is 2.34. The average Bonchev–Trinajstić information content (AvgIpc) is 3.38. The van der Waals surface area contributed by atoms with Gasteiger partial charge in [0.2, 0.25) is 0 Å². The van der Waals surface area contributed by atoms with Crippen molar-refractivity contribution in [3.8, 4) is 0 Å². The molecule has 1 aromatic carbocycles. The highest BCUT2D eigenvalue weighted by molar-refractivity contribution is 5.79. The Hall–Kier alpha value is -2.31. The SMILES string of the molecule is CN=C(NCCN(C(=O)OC(C)(C)C)C1CC1)NCc1ccccc1F. The van der Waals surface area contributed by atoms with E-state index >= 15 is 0 Å². The normalized spacial score (nSPS) is 14.7. The van der Waals surface area contributed by atoms with Crippen LogP contribution in [0, 0.1) is 5.82 Å². The number of rotatable bonds is 6. The summed E-state index contributed by atoms with van der Waals surface area (Å²) in [6.07, 6.45) is 1.75. The first-order chi connectivity index (χ1) is 12.3. The standard InChI is InChI=1S/C19H29FN4O2/c1-19(2,3)26-18(25)24(15-9-10-15)12-11-22-17(21-4)23-13-14-7-5-6-8-16(14)20/h5-8,15H,9-13H2,1-4H3,(H2,21,22,23). The van der Waals surface area contributed by atoms with Gasteiger partial charge in [-0.2, -0.15) is 0 Å². The van der Waals surface area contributed by atoms with E-state index in [1.54, 1.807) is 30.1 Å². The van der Waals surface area contributed by atoms with Crippen molar-refractivity contribution in [1.29, 1.82) is 0 Å². The minimum Gasteiger partial charge on any atom is -0.444 e. The molecule has 1 fully saturated rings. The third-order valence-electron chi connectivity index (χ3n) is 3.89. The van der Waals surface area contributed by atoms with Crippen molar-refractivity contribution >= 4 is 12.1 Å². The lowest BCUT2D eigenvalue weighted by Gasteiger charge is -2.27. The molecule has 7 heteroatoms. The lowest BCUT2D eigenvalue weighted by atomic mass is 10.2. The fraction of sp³-hybridized carbons (Fsp3) is 0.579. The monoisotopic (exact) mass is 364 g/mol. The van der Waals surface area contributed by atoms with E-state index in [2.05, 4.69) is 15.6 Å². The van der Waals surface area contributed by atoms with Crippen molar-refractivity contribution < 1.29 is 13.9 Å². The van der Waals surface area contributed by atoms with Gasteiger partial charge in [-0.15, -0.1) is 0 Å². The summed E-state index contributed by atoms with van der Waals surface area (Å²) in [7, 11) is 1.66. The molecule has 0 radical (unpaired) electrons. The minimum absolute atomic E-state index is 0.250. The number of amides is 1. The molecule has 0 heterocycles. The van der Waals surface area contributed by atoms with Crippen LogP contribution in [0.5, 0.6) is 0 Å². The zero-order valence-electron chi connectivity index (χ0n) is 16.0. The molecule has 0 aliphatic heterocycles. The molecule has 0 saturated heterocycles. The predicted octanol–water partition coefficient (Wildman–Crippen LogP) is 2.89. The number of hydrogen-bond donors (Lipinski definition) is 2. The number of nitrogens with one attached hydrogen (secondary N) is 2. The molecule has 0 aromatic heterocycles. The lowest BCUT2D eigenvalue weighted by molar-refractivity contribution is 0.0238. The van der Waals surface area contributed by atoms with Crippen molar-refractivity contribution in [2.45, 2.75) is 51.8 Å². The maximum absolute atomic E-state index is 13.7. The predicted molar refractivity (Wildman–Crippen MR) is 101 cm³/mol. The van der Waals surface area contributed by atoms with Crippen LogP contribution in [0.1, 0.15) is 39.2 Å². The number of halogens is 1. The molecule has 2 N–H and O–H groups in total. The van der Waals surface area contributed by atoms with Crippen LogP contribution in [0.15, 0.2) is 29.3 Å². The number of guanidine groups is 1. The van der Waals surface area contributed by atoms with Crippen LogP contribution < -0.4 is 10.6 Å². The summed E-state index contributed by atoms with van der Waals surface area (Å²) in [4.78, 5) is 18.2. The molecule has 26 heavy (non-hydrogen) atoms. The van der Waals surface area contributed by atoms with E-state index in [-0.39, 0.29) is 18.0 Å². The molecule has 1 aromatic rings. The summed E-state index contributed by atoms with van der Waals surface area (Å²) < 4.78 is 19.1. The van der Waals surface area contributed by atoms with Crippen LogP contribution in [0.2, 0.25) is 0 Å². The topological polar surface area (TPSA) is 66.0 Å². The largest absolute Gasteiger partial charge is 0.444 e. The minimum atomic E-state index is -0.505. The van der Waals surface area contributed by atoms with Gasteiger partial charge in [0.05, 0.1) is 0 Å². The molecule has 144 valence electrons. The smallest absolute Gasteiger partial charge is 0.410 e. The van der Waals surface area contributed by atoms with E-state index in [0.717, 1.165) is 12.8 Å². The van der Waals surface area contributed by atoms with Crippen molar-refractivity contribution in [3.05, 3.63) is 35.6 Å². The molecule has 6 nitrogen and oxygen atoms in total. The maximum Gasteiger partial charge on any atom is 0.410 e. The van der Waals surface area contributed by atoms with Gasteiger partial charge in [0.1, 0.15) is 11.4 Å². The first kappa shape index (κ1) is 20.0. The number of carbonyl (C=O) groups excluding carboxylic acids is 1. The van der Waals surface area contributed by atoms with Gasteiger partial charge < -0.3 is 20.3 Å². The zero-order chi connectivity index (χ0) is 19.2. The molecule has 0 bridgehead atoms. The maximum atomic E-state index is 13.7. The number of aliphatic imine (C=N–C) groups is 1. The first-order valence-corrected chi connectivity index (χ1v) is 8.97. The molecule has 1 saturated carbocycles. The summed E-state index contributed by atoms with van der Waals surface area (Å²) in [5.74, 6) is 0.313. The van der Waals surface area contributed by atoms with Crippen molar-refractivity contribution in [2.75, 3.05) is 20.1 Å². The third kappa shape index (κ3) is 6.54. The van der Waals surface area contributed by atoms with Gasteiger partial charge in [-0.1, -0.05) is 18.2 Å². The van der Waals surface area contributed by atoms with Crippen LogP contribution >= 0.6 is 0 Å². The Morgan fingerprint density at radius 3 is 2.58 bits per heavy atom. The summed E-state index contributed by atoms with van der Waals surface area (Å²) in [6.45, 7) is 6.99. The van der Waals surface area contributed by atoms with Gasteiger partial charge in [0.15, 0.2) is 5.96 Å². The quantitative estimate of drug-likeness (QED) is 0.602. The van der Waals surface area contributed by atoms with Gasteiger partial charge >= 0.3 is 6.09 Å². The Kier molecular flexibility index (Phi) is 6.83. The van der Waals surface area contributed by atoms with Crippen LogP contribution in [-0.2, 0) is 11.3 Å². The first-order valence-electron chi connectivity index (χ1n) is 8.97. The zero-order valence-corrected chi connectivity index (χ0v) is 16.0. The van der Waals surface area contributed by atoms with E-state index in [1.807, 2.05) is 20.8 Å². The van der Waals surface area contributed by atoms with E-state index in [4.69, 9.17) is 4.74 Å². The summed E-state index contributed by atoms with van der Waals surface area (Å²) in [6, 6.07) is 6.88. The van der Waals surface area contributed by atoms with Crippen LogP contribution in [0.4, 0.5) is 9.18 Å². The molecule has 0 atom stereocenters. The van der Waals surface area contributed by atoms with Crippen molar-refractivity contribution in [3.63, 3.8) is 0 Å². The van der Waals surface area contributed by atoms with Gasteiger partial charge in [-0.25, -0.2) is 9.18 Å². The molecule has 1 amide bonds. The number of hydrogen-bond acceptors (Lipinski definition) is 3. The third-order valence-corrected chi connectivity index (χ3v) is 3.89. The number of nitrogens with zero attached hydrogens (tertiary/aromatic N) is 2. The van der Waals surface area contributed by atoms with Crippen LogP contribution in [0.3, 0.4) is 0 Å². The Balaban J connectivity index is 1.80. The average molecular weight is 364 g/mol. The van der Waals surface area contributed by atoms with Gasteiger partial charge in [-0.3, -0.25) is 4.99 Å². The lowest BCUT2D eigenvalue weighted by Crippen LogP contribution is -2.45. The summed E-state index contributed by atoms with van der Waals surface area (Å²) in [5, 5.41) is 6.23. The fourth-order valence-electron chi connectivity index (χ4n) is 2.47. The highest BCUT2D eigenvalue weighted by atomic mass is 19.1. The fourth-order valence-corrected chi connectivity index (χ4v) is 2.47. The molecular formula is C19H29FN4O2.